The van der Waals surface area contributed by atoms with Crippen LogP contribution in [0.15, 0.2) is 267 Å². The van der Waals surface area contributed by atoms with Crippen molar-refractivity contribution in [2.24, 2.45) is 54.3 Å². The predicted molar refractivity (Wildman–Crippen MR) is 452 cm³/mol. The molecule has 0 aromatic carbocycles. The van der Waals surface area contributed by atoms with Gasteiger partial charge in [-0.3, -0.25) is 13.2 Å². The van der Waals surface area contributed by atoms with E-state index in [1.807, 2.05) is 114 Å². The van der Waals surface area contributed by atoms with Crippen LogP contribution in [-0.2, 0) is 49.3 Å². The highest BCUT2D eigenvalue weighted by atomic mass is 15.5. The number of guanidine groups is 1. The van der Waals surface area contributed by atoms with E-state index in [0.29, 0.717) is 18.1 Å². The molecule has 112 heavy (non-hydrogen) atoms. The maximum Gasteiger partial charge on any atom is 0.374 e. The van der Waals surface area contributed by atoms with Crippen molar-refractivity contribution in [3.8, 4) is 0 Å². The highest BCUT2D eigenvalue weighted by Crippen LogP contribution is 2.31. The van der Waals surface area contributed by atoms with Crippen LogP contribution in [0.3, 0.4) is 0 Å². The van der Waals surface area contributed by atoms with Gasteiger partial charge in [-0.15, -0.1) is 0 Å². The Hall–Kier alpha value is -13.6. The molecule has 0 saturated carbocycles. The van der Waals surface area contributed by atoms with Crippen LogP contribution >= 0.6 is 0 Å². The maximum absolute atomic E-state index is 4.68. The summed E-state index contributed by atoms with van der Waals surface area (Å²) in [5.74, 6) is 3.32. The fourth-order valence-corrected chi connectivity index (χ4v) is 15.9. The molecule has 0 radical (unpaired) electrons. The lowest BCUT2D eigenvalue weighted by Crippen LogP contribution is -2.35. The van der Waals surface area contributed by atoms with Gasteiger partial charge in [-0.05, 0) is 159 Å². The van der Waals surface area contributed by atoms with E-state index in [9.17, 15) is 0 Å². The van der Waals surface area contributed by atoms with E-state index in [2.05, 4.69) is 362 Å². The normalized spacial score (nSPS) is 15.6. The molecule has 0 spiro atoms. The SMILES string of the molecule is CC1=CN2C(=NC3C=CC=CC32)N1C.Cc1c2c(cn1C)nc1ccccn12.Cc1c2nc3ccccn3c2cn1C.Cc1c[n+]2cc3ccccn3c2n1C.Cc1cc2c(n1C)=CC1C=CC=C[N+]=21.Cc1cc2c(nc3ccccn32)n1C.Cc1cc2cc3ccccn3c2n1C.Cc1nc2cc3ccccn3c2n1C. The number of aliphatic imine (C=N–C) groups is 1. The van der Waals surface area contributed by atoms with E-state index in [4.69, 9.17) is 0 Å². The first-order valence-corrected chi connectivity index (χ1v) is 38.0. The molecule has 19 aromatic heterocycles. The number of rotatable bonds is 0. The predicted octanol–water partition coefficient (Wildman–Crippen LogP) is 14.0. The summed E-state index contributed by atoms with van der Waals surface area (Å²) in [6.45, 7) is 16.8. The average Bonchev–Trinajstić information content (AvgIpc) is 2.36. The van der Waals surface area contributed by atoms with E-state index in [-0.39, 0.29) is 0 Å². The molecule has 22 nitrogen and oxygen atoms in total. The number of aryl methyl sites for hydroxylation is 13. The third kappa shape index (κ3) is 12.4. The fourth-order valence-electron chi connectivity index (χ4n) is 15.9. The Balaban J connectivity index is 0.0000000929. The smallest absolute Gasteiger partial charge is 0.351 e. The van der Waals surface area contributed by atoms with Crippen molar-refractivity contribution in [1.82, 2.24) is 92.7 Å². The molecule has 0 N–H and O–H groups in total. The van der Waals surface area contributed by atoms with Crippen molar-refractivity contribution in [3.05, 3.63) is 313 Å². The number of fused-ring (bicyclic) bond motifs is 23. The minimum atomic E-state index is 0.307. The molecular formula is C90H94N22+2. The Morgan fingerprint density at radius 2 is 1.04 bits per heavy atom. The zero-order valence-corrected chi connectivity index (χ0v) is 66.4. The molecule has 3 atom stereocenters. The Bertz CT molecular complexity index is 6640. The molecule has 3 unspecified atom stereocenters. The lowest BCUT2D eigenvalue weighted by molar-refractivity contribution is -0.508. The summed E-state index contributed by atoms with van der Waals surface area (Å²) in [7, 11) is 16.6. The maximum atomic E-state index is 4.68. The monoisotopic (exact) mass is 1480 g/mol. The van der Waals surface area contributed by atoms with Crippen molar-refractivity contribution < 1.29 is 4.40 Å². The van der Waals surface area contributed by atoms with Gasteiger partial charge in [0.15, 0.2) is 17.9 Å². The van der Waals surface area contributed by atoms with Gasteiger partial charge in [0.1, 0.15) is 79.6 Å². The standard InChI is InChI=1S/C12H12N2.C12H13N2.C11H12N3.4C11H11N3.C11H13N3/c1-9-7-10-8-11-5-3-4-6-14(11)12(10)13(9)2;1-9-7-12-11(13(9)2)8-10-5-3-4-6-14(10)12;1-9-7-13-8-10-5-3-4-6-14(10)11(13)12(9)2;1-8-11-9(7-13(8)2)14-6-4-3-5-10(14)12-11;1-8-11-9(7-13(8)2)12-10-5-3-4-6-14(10)11;1-8-12-10-7-9-5-3-4-6-14(9)11(10)13(8)2;1-8-7-9-11(13(8)2)12-10-5-3-4-6-14(9)10;1-8-7-14-10-6-4-3-5-9(10)12-11(14)13(8)2/h3-8H,1-2H3;3-8,10H,1-2H3;3-8H,1-2H3;4*3-7H,1-2H3;3-7,9-10H,1-2H3/q;2*+1;;;;;. The van der Waals surface area contributed by atoms with Gasteiger partial charge < -0.3 is 46.0 Å². The van der Waals surface area contributed by atoms with Gasteiger partial charge in [-0.1, -0.05) is 66.8 Å². The number of hydrogen-bond donors (Lipinski definition) is 0. The molecule has 22 heteroatoms. The summed E-state index contributed by atoms with van der Waals surface area (Å²) >= 11 is 0. The van der Waals surface area contributed by atoms with Gasteiger partial charge in [0.2, 0.25) is 11.3 Å². The Morgan fingerprint density at radius 3 is 1.77 bits per heavy atom. The Morgan fingerprint density at radius 1 is 0.438 bits per heavy atom. The van der Waals surface area contributed by atoms with Gasteiger partial charge in [0, 0.05) is 168 Å². The molecule has 24 rings (SSSR count). The minimum absolute atomic E-state index is 0.307. The average molecular weight is 1480 g/mol. The van der Waals surface area contributed by atoms with Crippen molar-refractivity contribution >= 4 is 107 Å². The summed E-state index contributed by atoms with van der Waals surface area (Å²) < 4.78 is 32.5. The van der Waals surface area contributed by atoms with Crippen LogP contribution in [0.2, 0.25) is 0 Å². The summed E-state index contributed by atoms with van der Waals surface area (Å²) in [5.41, 5.74) is 25.8. The van der Waals surface area contributed by atoms with E-state index in [1.54, 1.807) is 0 Å². The van der Waals surface area contributed by atoms with Crippen molar-refractivity contribution in [1.29, 1.82) is 0 Å². The molecule has 0 fully saturated rings. The molecule has 0 bridgehead atoms. The number of nitrogens with zero attached hydrogens (tertiary/aromatic N) is 22. The van der Waals surface area contributed by atoms with Crippen LogP contribution in [0.1, 0.15) is 46.9 Å². The van der Waals surface area contributed by atoms with Crippen molar-refractivity contribution in [3.63, 3.8) is 0 Å². The summed E-state index contributed by atoms with van der Waals surface area (Å²) in [4.78, 5) is 27.2. The highest BCUT2D eigenvalue weighted by molar-refractivity contribution is 5.89. The highest BCUT2D eigenvalue weighted by Gasteiger charge is 2.38. The van der Waals surface area contributed by atoms with Crippen LogP contribution in [0, 0.1) is 48.5 Å². The summed E-state index contributed by atoms with van der Waals surface area (Å²) in [6.07, 6.45) is 42.5. The second kappa shape index (κ2) is 28.4. The van der Waals surface area contributed by atoms with Crippen molar-refractivity contribution in [2.75, 3.05) is 7.05 Å². The zero-order chi connectivity index (χ0) is 77.7. The first-order valence-electron chi connectivity index (χ1n) is 38.0. The third-order valence-corrected chi connectivity index (χ3v) is 22.8. The summed E-state index contributed by atoms with van der Waals surface area (Å²) in [6, 6.07) is 49.0. The Labute approximate surface area is 648 Å². The Kier molecular flexibility index (Phi) is 18.1. The van der Waals surface area contributed by atoms with Gasteiger partial charge >= 0.3 is 5.78 Å². The quantitative estimate of drug-likeness (QED) is 0.139. The molecule has 5 aliphatic rings. The first kappa shape index (κ1) is 71.3. The topological polar surface area (TPSA) is 138 Å². The van der Waals surface area contributed by atoms with E-state index >= 15 is 0 Å². The third-order valence-electron chi connectivity index (χ3n) is 22.8. The van der Waals surface area contributed by atoms with E-state index in [1.165, 1.54) is 100 Å². The molecule has 562 valence electrons. The first-order chi connectivity index (χ1) is 54.2. The van der Waals surface area contributed by atoms with Crippen LogP contribution in [0.4, 0.5) is 0 Å². The molecular weight excluding hydrogens is 1390 g/mol. The largest absolute Gasteiger partial charge is 0.374 e. The summed E-state index contributed by atoms with van der Waals surface area (Å²) in [5, 5.41) is 3.98. The lowest BCUT2D eigenvalue weighted by Gasteiger charge is -2.22. The lowest BCUT2D eigenvalue weighted by atomic mass is 10.0. The fraction of sp³-hybridized carbons (Fsp3) is 0.211. The second-order valence-electron chi connectivity index (χ2n) is 29.6. The van der Waals surface area contributed by atoms with E-state index < -0.39 is 0 Å². The zero-order valence-electron chi connectivity index (χ0n) is 66.4. The molecule has 0 amide bonds. The van der Waals surface area contributed by atoms with Gasteiger partial charge in [-0.2, -0.15) is 4.58 Å². The molecule has 0 saturated heterocycles. The molecule has 4 aliphatic heterocycles. The van der Waals surface area contributed by atoms with Crippen LogP contribution in [-0.4, -0.2) is 119 Å². The number of aromatic nitrogens is 18. The minimum Gasteiger partial charge on any atom is -0.351 e. The number of pyridine rings is 6. The molecule has 23 heterocycles. The second-order valence-corrected chi connectivity index (χ2v) is 29.6. The van der Waals surface area contributed by atoms with Gasteiger partial charge in [0.25, 0.3) is 0 Å². The van der Waals surface area contributed by atoms with Gasteiger partial charge in [-0.25, -0.2) is 38.3 Å². The van der Waals surface area contributed by atoms with Crippen LogP contribution in [0.25, 0.3) is 101 Å². The van der Waals surface area contributed by atoms with Gasteiger partial charge in [0.05, 0.1) is 41.9 Å². The van der Waals surface area contributed by atoms with Crippen LogP contribution in [0.5, 0.6) is 0 Å². The number of allylic oxidation sites excluding steroid dienone is 5. The molecule has 19 aromatic rings. The van der Waals surface area contributed by atoms with Crippen LogP contribution < -0.4 is 19.7 Å². The number of hydrogen-bond acceptors (Lipinski definition) is 7. The van der Waals surface area contributed by atoms with E-state index in [0.717, 1.165) is 56.6 Å². The van der Waals surface area contributed by atoms with Crippen molar-refractivity contribution in [2.45, 2.75) is 73.5 Å². The molecule has 1 aliphatic carbocycles. The number of imidazole rings is 6.